The van der Waals surface area contributed by atoms with Crippen LogP contribution in [-0.4, -0.2) is 48.9 Å². The molecular formula is C24H26N4O3S. The third-order valence-electron chi connectivity index (χ3n) is 6.04. The van der Waals surface area contributed by atoms with Crippen molar-refractivity contribution in [2.75, 3.05) is 31.1 Å². The Kier molecular flexibility index (Phi) is 4.94. The summed E-state index contributed by atoms with van der Waals surface area (Å²) in [6, 6.07) is 15.0. The van der Waals surface area contributed by atoms with E-state index in [4.69, 9.17) is 4.42 Å². The van der Waals surface area contributed by atoms with Gasteiger partial charge in [-0.25, -0.2) is 18.4 Å². The number of hydrogen-bond donors (Lipinski definition) is 0. The summed E-state index contributed by atoms with van der Waals surface area (Å²) in [4.78, 5) is 11.3. The molecule has 3 heterocycles. The molecule has 1 aliphatic rings. The van der Waals surface area contributed by atoms with Crippen molar-refractivity contribution in [3.8, 4) is 0 Å². The van der Waals surface area contributed by atoms with Crippen molar-refractivity contribution in [1.82, 2.24) is 14.3 Å². The molecule has 7 nitrogen and oxygen atoms in total. The second-order valence-corrected chi connectivity index (χ2v) is 11.1. The van der Waals surface area contributed by atoms with Gasteiger partial charge in [-0.1, -0.05) is 45.0 Å². The van der Waals surface area contributed by atoms with Gasteiger partial charge in [0.05, 0.1) is 4.90 Å². The Hall–Kier alpha value is -2.97. The molecule has 1 aliphatic heterocycles. The largest absolute Gasteiger partial charge is 0.450 e. The fourth-order valence-corrected chi connectivity index (χ4v) is 5.58. The van der Waals surface area contributed by atoms with Gasteiger partial charge in [0.1, 0.15) is 17.4 Å². The normalized spacial score (nSPS) is 16.2. The van der Waals surface area contributed by atoms with Gasteiger partial charge in [0.2, 0.25) is 10.0 Å². The van der Waals surface area contributed by atoms with Crippen LogP contribution in [0.25, 0.3) is 22.1 Å². The molecule has 2 aromatic heterocycles. The van der Waals surface area contributed by atoms with E-state index < -0.39 is 10.0 Å². The molecular weight excluding hydrogens is 424 g/mol. The number of piperazine rings is 1. The van der Waals surface area contributed by atoms with E-state index in [1.54, 1.807) is 22.8 Å². The highest BCUT2D eigenvalue weighted by Crippen LogP contribution is 2.33. The molecule has 0 bridgehead atoms. The second-order valence-electron chi connectivity index (χ2n) is 9.14. The number of fused-ring (bicyclic) bond motifs is 3. The van der Waals surface area contributed by atoms with E-state index in [0.29, 0.717) is 42.5 Å². The first-order valence-electron chi connectivity index (χ1n) is 10.7. The maximum Gasteiger partial charge on any atom is 0.243 e. The molecule has 5 rings (SSSR count). The highest BCUT2D eigenvalue weighted by molar-refractivity contribution is 7.89. The summed E-state index contributed by atoms with van der Waals surface area (Å²) in [5.41, 5.74) is 3.28. The minimum atomic E-state index is -3.54. The van der Waals surface area contributed by atoms with Crippen LogP contribution in [0.4, 0.5) is 5.82 Å². The van der Waals surface area contributed by atoms with E-state index in [-0.39, 0.29) is 5.41 Å². The summed E-state index contributed by atoms with van der Waals surface area (Å²) in [7, 11) is -3.54. The summed E-state index contributed by atoms with van der Waals surface area (Å²) < 4.78 is 34.0. The zero-order valence-electron chi connectivity index (χ0n) is 18.4. The molecule has 1 saturated heterocycles. The van der Waals surface area contributed by atoms with Crippen LogP contribution >= 0.6 is 0 Å². The number of anilines is 1. The average molecular weight is 451 g/mol. The number of para-hydroxylation sites is 1. The summed E-state index contributed by atoms with van der Waals surface area (Å²) in [5, 5.41) is 0.950. The van der Waals surface area contributed by atoms with Crippen molar-refractivity contribution in [2.24, 2.45) is 0 Å². The zero-order valence-corrected chi connectivity index (χ0v) is 19.3. The van der Waals surface area contributed by atoms with Crippen LogP contribution in [0.3, 0.4) is 0 Å². The number of benzene rings is 2. The lowest BCUT2D eigenvalue weighted by Gasteiger charge is -2.34. The molecule has 0 aliphatic carbocycles. The SMILES string of the molecule is CC(C)(C)c1ccc(S(=O)(=O)N2CCN(c3ncnc4c3oc3ccccc34)CC2)cc1. The van der Waals surface area contributed by atoms with E-state index in [9.17, 15) is 8.42 Å². The smallest absolute Gasteiger partial charge is 0.243 e. The second kappa shape index (κ2) is 7.56. The Bertz CT molecular complexity index is 1380. The van der Waals surface area contributed by atoms with Crippen molar-refractivity contribution in [3.05, 3.63) is 60.4 Å². The molecule has 0 spiro atoms. The van der Waals surface area contributed by atoms with Gasteiger partial charge in [0.15, 0.2) is 11.4 Å². The van der Waals surface area contributed by atoms with Gasteiger partial charge < -0.3 is 9.32 Å². The molecule has 0 amide bonds. The third-order valence-corrected chi connectivity index (χ3v) is 7.95. The summed E-state index contributed by atoms with van der Waals surface area (Å²) >= 11 is 0. The number of hydrogen-bond acceptors (Lipinski definition) is 6. The van der Waals surface area contributed by atoms with Gasteiger partial charge >= 0.3 is 0 Å². The van der Waals surface area contributed by atoms with Crippen molar-refractivity contribution < 1.29 is 12.8 Å². The van der Waals surface area contributed by atoms with Crippen LogP contribution in [0.1, 0.15) is 26.3 Å². The fraction of sp³-hybridized carbons (Fsp3) is 0.333. The Morgan fingerprint density at radius 1 is 0.906 bits per heavy atom. The summed E-state index contributed by atoms with van der Waals surface area (Å²) in [6.45, 7) is 8.17. The monoisotopic (exact) mass is 450 g/mol. The molecule has 0 saturated carbocycles. The maximum atomic E-state index is 13.2. The van der Waals surface area contributed by atoms with E-state index >= 15 is 0 Å². The van der Waals surface area contributed by atoms with E-state index in [0.717, 1.165) is 22.0 Å². The molecule has 32 heavy (non-hydrogen) atoms. The molecule has 8 heteroatoms. The molecule has 2 aromatic carbocycles. The highest BCUT2D eigenvalue weighted by atomic mass is 32.2. The van der Waals surface area contributed by atoms with Gasteiger partial charge in [-0.15, -0.1) is 0 Å². The molecule has 0 N–H and O–H groups in total. The van der Waals surface area contributed by atoms with Crippen LogP contribution in [-0.2, 0) is 15.4 Å². The number of sulfonamides is 1. The Labute approximate surface area is 187 Å². The quantitative estimate of drug-likeness (QED) is 0.466. The predicted octanol–water partition coefficient (Wildman–Crippen LogP) is 4.18. The molecule has 0 unspecified atom stereocenters. The van der Waals surface area contributed by atoms with Gasteiger partial charge in [0, 0.05) is 31.6 Å². The van der Waals surface area contributed by atoms with Crippen LogP contribution < -0.4 is 4.90 Å². The van der Waals surface area contributed by atoms with Gasteiger partial charge in [-0.05, 0) is 35.2 Å². The predicted molar refractivity (Wildman–Crippen MR) is 125 cm³/mol. The third kappa shape index (κ3) is 3.53. The number of aromatic nitrogens is 2. The Balaban J connectivity index is 1.37. The summed E-state index contributed by atoms with van der Waals surface area (Å²) in [5.74, 6) is 0.706. The van der Waals surface area contributed by atoms with Crippen LogP contribution in [0.2, 0.25) is 0 Å². The van der Waals surface area contributed by atoms with Crippen LogP contribution in [0.5, 0.6) is 0 Å². The average Bonchev–Trinajstić information content (AvgIpc) is 3.17. The molecule has 4 aromatic rings. The lowest BCUT2D eigenvalue weighted by molar-refractivity contribution is 0.383. The van der Waals surface area contributed by atoms with Crippen molar-refractivity contribution in [1.29, 1.82) is 0 Å². The van der Waals surface area contributed by atoms with Gasteiger partial charge in [-0.2, -0.15) is 4.31 Å². The number of furan rings is 1. The van der Waals surface area contributed by atoms with Crippen LogP contribution in [0.15, 0.2) is 64.2 Å². The fourth-order valence-electron chi connectivity index (χ4n) is 4.15. The number of rotatable bonds is 3. The number of nitrogens with zero attached hydrogens (tertiary/aromatic N) is 4. The first-order valence-corrected chi connectivity index (χ1v) is 12.2. The van der Waals surface area contributed by atoms with E-state index in [1.165, 1.54) is 0 Å². The highest BCUT2D eigenvalue weighted by Gasteiger charge is 2.30. The lowest BCUT2D eigenvalue weighted by atomic mass is 9.87. The first kappa shape index (κ1) is 20.9. The van der Waals surface area contributed by atoms with Crippen molar-refractivity contribution in [3.63, 3.8) is 0 Å². The van der Waals surface area contributed by atoms with Crippen LogP contribution in [0, 0.1) is 0 Å². The maximum absolute atomic E-state index is 13.2. The first-order chi connectivity index (χ1) is 15.2. The molecule has 1 fully saturated rings. The standard InChI is InChI=1S/C24H26N4O3S/c1-24(2,3)17-8-10-18(11-9-17)32(29,30)28-14-12-27(13-15-28)23-22-21(25-16-26-23)19-6-4-5-7-20(19)31-22/h4-11,16H,12-15H2,1-3H3. The van der Waals surface area contributed by atoms with Crippen molar-refractivity contribution >= 4 is 37.9 Å². The van der Waals surface area contributed by atoms with E-state index in [1.807, 2.05) is 36.4 Å². The Morgan fingerprint density at radius 3 is 2.28 bits per heavy atom. The lowest BCUT2D eigenvalue weighted by Crippen LogP contribution is -2.49. The molecule has 0 radical (unpaired) electrons. The van der Waals surface area contributed by atoms with Gasteiger partial charge in [0.25, 0.3) is 0 Å². The minimum Gasteiger partial charge on any atom is -0.450 e. The summed E-state index contributed by atoms with van der Waals surface area (Å²) in [6.07, 6.45) is 1.54. The van der Waals surface area contributed by atoms with E-state index in [2.05, 4.69) is 35.6 Å². The van der Waals surface area contributed by atoms with Crippen molar-refractivity contribution in [2.45, 2.75) is 31.1 Å². The van der Waals surface area contributed by atoms with Gasteiger partial charge in [-0.3, -0.25) is 0 Å². The molecule has 166 valence electrons. The topological polar surface area (TPSA) is 79.5 Å². The Morgan fingerprint density at radius 2 is 1.59 bits per heavy atom. The zero-order chi connectivity index (χ0) is 22.5. The molecule has 0 atom stereocenters. The minimum absolute atomic E-state index is 0.0204.